The summed E-state index contributed by atoms with van der Waals surface area (Å²) in [5.74, 6) is 0.0755. The van der Waals surface area contributed by atoms with Gasteiger partial charge in [-0.05, 0) is 19.1 Å². The Labute approximate surface area is 107 Å². The molecule has 0 radical (unpaired) electrons. The Kier molecular flexibility index (Phi) is 5.10. The predicted octanol–water partition coefficient (Wildman–Crippen LogP) is 2.43. The van der Waals surface area contributed by atoms with E-state index in [1.807, 2.05) is 45.3 Å². The molecule has 4 heteroatoms. The van der Waals surface area contributed by atoms with Crippen LogP contribution in [0.4, 0.5) is 0 Å². The van der Waals surface area contributed by atoms with E-state index >= 15 is 0 Å². The zero-order valence-electron chi connectivity index (χ0n) is 10.4. The van der Waals surface area contributed by atoms with Gasteiger partial charge in [0.05, 0.1) is 6.61 Å². The molecule has 0 aliphatic carbocycles. The van der Waals surface area contributed by atoms with E-state index in [2.05, 4.69) is 0 Å². The van der Waals surface area contributed by atoms with Crippen molar-refractivity contribution in [3.8, 4) is 0 Å². The molecule has 0 saturated heterocycles. The summed E-state index contributed by atoms with van der Waals surface area (Å²) >= 11 is 4.96. The van der Waals surface area contributed by atoms with E-state index in [1.54, 1.807) is 4.90 Å². The molecular formula is C13H17NO2S. The second-order valence-corrected chi connectivity index (χ2v) is 4.40. The number of carbonyl (C=O) groups is 1. The summed E-state index contributed by atoms with van der Waals surface area (Å²) in [6.45, 7) is 2.32. The molecule has 0 aliphatic rings. The van der Waals surface area contributed by atoms with Crippen LogP contribution in [0, 0.1) is 6.92 Å². The quantitative estimate of drug-likeness (QED) is 0.607. The molecule has 0 bridgehead atoms. The van der Waals surface area contributed by atoms with Crippen LogP contribution in [-0.4, -0.2) is 36.6 Å². The average Bonchev–Trinajstić information content (AvgIpc) is 2.29. The lowest BCUT2D eigenvalue weighted by atomic mass is 10.1. The van der Waals surface area contributed by atoms with Crippen molar-refractivity contribution in [1.29, 1.82) is 0 Å². The third-order valence-corrected chi connectivity index (χ3v) is 2.78. The smallest absolute Gasteiger partial charge is 0.258 e. The van der Waals surface area contributed by atoms with Gasteiger partial charge in [-0.2, -0.15) is 0 Å². The van der Waals surface area contributed by atoms with Crippen LogP contribution >= 0.6 is 12.2 Å². The Balaban J connectivity index is 2.40. The molecule has 0 unspecified atom stereocenters. The van der Waals surface area contributed by atoms with E-state index in [1.165, 1.54) is 0 Å². The van der Waals surface area contributed by atoms with Gasteiger partial charge in [0.15, 0.2) is 5.78 Å². The van der Waals surface area contributed by atoms with Crippen molar-refractivity contribution in [2.24, 2.45) is 0 Å². The second kappa shape index (κ2) is 6.35. The predicted molar refractivity (Wildman–Crippen MR) is 72.4 cm³/mol. The number of rotatable bonds is 4. The van der Waals surface area contributed by atoms with Gasteiger partial charge in [-0.25, -0.2) is 0 Å². The van der Waals surface area contributed by atoms with Gasteiger partial charge in [0.25, 0.3) is 5.17 Å². The molecule has 0 saturated carbocycles. The van der Waals surface area contributed by atoms with Crippen LogP contribution in [0.2, 0.25) is 0 Å². The minimum atomic E-state index is 0.0755. The highest BCUT2D eigenvalue weighted by Gasteiger charge is 2.06. The summed E-state index contributed by atoms with van der Waals surface area (Å²) in [5.41, 5.74) is 1.86. The van der Waals surface area contributed by atoms with Crippen LogP contribution in [0.15, 0.2) is 24.3 Å². The van der Waals surface area contributed by atoms with E-state index < -0.39 is 0 Å². The standard InChI is InChI=1S/C13H17NO2S/c1-10-4-6-11(7-5-10)12(15)8-9-16-13(17)14(2)3/h4-7H,8-9H2,1-3H3. The van der Waals surface area contributed by atoms with E-state index in [4.69, 9.17) is 17.0 Å². The zero-order valence-corrected chi connectivity index (χ0v) is 11.2. The highest BCUT2D eigenvalue weighted by Crippen LogP contribution is 2.06. The molecular weight excluding hydrogens is 234 g/mol. The number of thiocarbonyl (C=S) groups is 1. The molecule has 3 nitrogen and oxygen atoms in total. The lowest BCUT2D eigenvalue weighted by Crippen LogP contribution is -2.23. The van der Waals surface area contributed by atoms with Crippen LogP contribution in [-0.2, 0) is 4.74 Å². The molecule has 0 atom stereocenters. The third kappa shape index (κ3) is 4.53. The van der Waals surface area contributed by atoms with Crippen molar-refractivity contribution < 1.29 is 9.53 Å². The van der Waals surface area contributed by atoms with Crippen molar-refractivity contribution in [2.75, 3.05) is 20.7 Å². The lowest BCUT2D eigenvalue weighted by Gasteiger charge is -2.13. The summed E-state index contributed by atoms with van der Waals surface area (Å²) in [6.07, 6.45) is 0.344. The number of aryl methyl sites for hydroxylation is 1. The molecule has 1 aromatic carbocycles. The molecule has 0 amide bonds. The molecule has 0 fully saturated rings. The number of ether oxygens (including phenoxy) is 1. The number of Topliss-reactive ketones (excluding diaryl/α,β-unsaturated/α-hetero) is 1. The van der Waals surface area contributed by atoms with Gasteiger partial charge in [0.2, 0.25) is 0 Å². The third-order valence-electron chi connectivity index (χ3n) is 2.29. The summed E-state index contributed by atoms with van der Waals surface area (Å²) in [4.78, 5) is 13.5. The number of hydrogen-bond donors (Lipinski definition) is 0. The number of carbonyl (C=O) groups excluding carboxylic acids is 1. The molecule has 0 aliphatic heterocycles. The lowest BCUT2D eigenvalue weighted by molar-refractivity contribution is 0.0956. The number of nitrogens with zero attached hydrogens (tertiary/aromatic N) is 1. The fraction of sp³-hybridized carbons (Fsp3) is 0.385. The first-order valence-electron chi connectivity index (χ1n) is 5.44. The van der Waals surface area contributed by atoms with Crippen molar-refractivity contribution >= 4 is 23.2 Å². The average molecular weight is 251 g/mol. The fourth-order valence-corrected chi connectivity index (χ4v) is 1.33. The van der Waals surface area contributed by atoms with Crippen LogP contribution in [0.25, 0.3) is 0 Å². The summed E-state index contributed by atoms with van der Waals surface area (Å²) in [7, 11) is 3.62. The molecule has 92 valence electrons. The molecule has 0 N–H and O–H groups in total. The van der Waals surface area contributed by atoms with Gasteiger partial charge >= 0.3 is 0 Å². The van der Waals surface area contributed by atoms with Gasteiger partial charge in [0.1, 0.15) is 0 Å². The Morgan fingerprint density at radius 2 is 1.88 bits per heavy atom. The van der Waals surface area contributed by atoms with Crippen molar-refractivity contribution in [2.45, 2.75) is 13.3 Å². The highest BCUT2D eigenvalue weighted by molar-refractivity contribution is 7.80. The minimum absolute atomic E-state index is 0.0755. The van der Waals surface area contributed by atoms with Gasteiger partial charge < -0.3 is 9.64 Å². The normalized spacial score (nSPS) is 9.82. The fourth-order valence-electron chi connectivity index (χ4n) is 1.24. The SMILES string of the molecule is Cc1ccc(C(=O)CCOC(=S)N(C)C)cc1. The first kappa shape index (κ1) is 13.6. The van der Waals surface area contributed by atoms with Crippen LogP contribution in [0.3, 0.4) is 0 Å². The minimum Gasteiger partial charge on any atom is -0.470 e. The zero-order chi connectivity index (χ0) is 12.8. The summed E-state index contributed by atoms with van der Waals surface area (Å²) in [5, 5.41) is 0.404. The van der Waals surface area contributed by atoms with Crippen LogP contribution < -0.4 is 0 Å². The monoisotopic (exact) mass is 251 g/mol. The molecule has 1 rings (SSSR count). The molecule has 1 aromatic rings. The molecule has 0 heterocycles. The highest BCUT2D eigenvalue weighted by atomic mass is 32.1. The van der Waals surface area contributed by atoms with Gasteiger partial charge in [-0.15, -0.1) is 0 Å². The first-order chi connectivity index (χ1) is 8.00. The molecule has 17 heavy (non-hydrogen) atoms. The van der Waals surface area contributed by atoms with Gasteiger partial charge in [-0.3, -0.25) is 4.79 Å². The Hall–Kier alpha value is -1.42. The number of hydrogen-bond acceptors (Lipinski definition) is 3. The van der Waals surface area contributed by atoms with Crippen LogP contribution in [0.1, 0.15) is 22.3 Å². The van der Waals surface area contributed by atoms with E-state index in [0.717, 1.165) is 11.1 Å². The van der Waals surface area contributed by atoms with Gasteiger partial charge in [-0.1, -0.05) is 29.8 Å². The summed E-state index contributed by atoms with van der Waals surface area (Å²) in [6, 6.07) is 7.53. The topological polar surface area (TPSA) is 29.5 Å². The van der Waals surface area contributed by atoms with Crippen molar-refractivity contribution in [3.63, 3.8) is 0 Å². The van der Waals surface area contributed by atoms with E-state index in [0.29, 0.717) is 18.2 Å². The maximum Gasteiger partial charge on any atom is 0.258 e. The van der Waals surface area contributed by atoms with Crippen molar-refractivity contribution in [1.82, 2.24) is 4.90 Å². The van der Waals surface area contributed by atoms with E-state index in [-0.39, 0.29) is 5.78 Å². The summed E-state index contributed by atoms with van der Waals surface area (Å²) < 4.78 is 5.26. The Bertz CT molecular complexity index is 398. The maximum atomic E-state index is 11.8. The maximum absolute atomic E-state index is 11.8. The Morgan fingerprint density at radius 1 is 1.29 bits per heavy atom. The number of ketones is 1. The van der Waals surface area contributed by atoms with Gasteiger partial charge in [0, 0.05) is 26.1 Å². The van der Waals surface area contributed by atoms with Crippen LogP contribution in [0.5, 0.6) is 0 Å². The van der Waals surface area contributed by atoms with E-state index in [9.17, 15) is 4.79 Å². The molecule has 0 aromatic heterocycles. The largest absolute Gasteiger partial charge is 0.470 e. The number of benzene rings is 1. The second-order valence-electron chi connectivity index (χ2n) is 4.05. The first-order valence-corrected chi connectivity index (χ1v) is 5.85. The van der Waals surface area contributed by atoms with Crippen molar-refractivity contribution in [3.05, 3.63) is 35.4 Å². The Morgan fingerprint density at radius 3 is 2.41 bits per heavy atom. The molecule has 0 spiro atoms.